The highest BCUT2D eigenvalue weighted by Crippen LogP contribution is 2.17. The zero-order valence-electron chi connectivity index (χ0n) is 13.8. The number of carbonyl (C=O) groups is 1. The molecule has 2 N–H and O–H groups in total. The summed E-state index contributed by atoms with van der Waals surface area (Å²) < 4.78 is 4.92. The summed E-state index contributed by atoms with van der Waals surface area (Å²) in [4.78, 5) is 12.2. The predicted molar refractivity (Wildman–Crippen MR) is 94.0 cm³/mol. The van der Waals surface area contributed by atoms with Crippen LogP contribution in [0.25, 0.3) is 0 Å². The molecule has 5 heteroatoms. The number of benzene rings is 1. The number of rotatable bonds is 7. The minimum Gasteiger partial charge on any atom is -0.383 e. The van der Waals surface area contributed by atoms with Gasteiger partial charge < -0.3 is 15.4 Å². The largest absolute Gasteiger partial charge is 0.383 e. The fraction of sp³-hybridized carbons (Fsp3) is 0.529. The van der Waals surface area contributed by atoms with Crippen molar-refractivity contribution in [3.63, 3.8) is 0 Å². The second-order valence-corrected chi connectivity index (χ2v) is 6.21. The van der Waals surface area contributed by atoms with Gasteiger partial charge in [-0.05, 0) is 42.6 Å². The molecule has 22 heavy (non-hydrogen) atoms. The van der Waals surface area contributed by atoms with Crippen LogP contribution in [0, 0.1) is 5.92 Å². The van der Waals surface area contributed by atoms with Crippen LogP contribution in [0.2, 0.25) is 0 Å². The summed E-state index contributed by atoms with van der Waals surface area (Å²) >= 11 is 5.08. The minimum atomic E-state index is -0.240. The molecule has 0 bridgehead atoms. The van der Waals surface area contributed by atoms with Crippen molar-refractivity contribution in [2.75, 3.05) is 20.3 Å². The van der Waals surface area contributed by atoms with Crippen LogP contribution in [0.15, 0.2) is 24.3 Å². The molecule has 122 valence electrons. The van der Waals surface area contributed by atoms with Crippen molar-refractivity contribution in [3.05, 3.63) is 35.4 Å². The number of ether oxygens (including phenoxy) is 1. The normalized spacial score (nSPS) is 12.0. The van der Waals surface area contributed by atoms with Gasteiger partial charge in [0.15, 0.2) is 5.11 Å². The number of carbonyl (C=O) groups excluding carboxylic acids is 1. The van der Waals surface area contributed by atoms with Gasteiger partial charge in [-0.2, -0.15) is 0 Å². The summed E-state index contributed by atoms with van der Waals surface area (Å²) in [7, 11) is 1.62. The summed E-state index contributed by atoms with van der Waals surface area (Å²) in [6, 6.07) is 8.22. The molecule has 0 heterocycles. The lowest BCUT2D eigenvalue weighted by atomic mass is 9.96. The van der Waals surface area contributed by atoms with Gasteiger partial charge in [-0.3, -0.25) is 4.79 Å². The molecule has 0 aromatic heterocycles. The topological polar surface area (TPSA) is 50.4 Å². The smallest absolute Gasteiger partial charge is 0.233 e. The number of amides is 1. The zero-order valence-corrected chi connectivity index (χ0v) is 14.6. The predicted octanol–water partition coefficient (Wildman–Crippen LogP) is 2.63. The Labute approximate surface area is 138 Å². The molecule has 1 amide bonds. The summed E-state index contributed by atoms with van der Waals surface area (Å²) in [6.07, 6.45) is 1.05. The molecule has 0 aliphatic heterocycles. The van der Waals surface area contributed by atoms with Crippen molar-refractivity contribution in [1.29, 1.82) is 0 Å². The van der Waals surface area contributed by atoms with Crippen LogP contribution in [0.4, 0.5) is 0 Å². The molecular weight excluding hydrogens is 296 g/mol. The van der Waals surface area contributed by atoms with Gasteiger partial charge in [0.05, 0.1) is 12.5 Å². The van der Waals surface area contributed by atoms with Gasteiger partial charge in [-0.1, -0.05) is 38.1 Å². The molecule has 1 aromatic rings. The average molecular weight is 322 g/mol. The standard InChI is InChI=1S/C17H26N2O2S/c1-12(2)11-14-5-7-15(8-6-14)13(3)16(20)19-17(22)18-9-10-21-4/h5-8,12-13H,9-11H2,1-4H3,(H2,18,19,20,22). The Kier molecular flexibility index (Phi) is 8.06. The number of methoxy groups -OCH3 is 1. The van der Waals surface area contributed by atoms with E-state index in [1.165, 1.54) is 5.56 Å². The Bertz CT molecular complexity index is 486. The molecule has 1 unspecified atom stereocenters. The molecule has 0 saturated carbocycles. The molecule has 0 fully saturated rings. The Morgan fingerprint density at radius 3 is 2.41 bits per heavy atom. The van der Waals surface area contributed by atoms with Crippen LogP contribution < -0.4 is 10.6 Å². The highest BCUT2D eigenvalue weighted by Gasteiger charge is 2.16. The van der Waals surface area contributed by atoms with Crippen molar-refractivity contribution in [2.45, 2.75) is 33.1 Å². The maximum atomic E-state index is 12.2. The highest BCUT2D eigenvalue weighted by atomic mass is 32.1. The third-order valence-corrected chi connectivity index (χ3v) is 3.59. The second-order valence-electron chi connectivity index (χ2n) is 5.80. The van der Waals surface area contributed by atoms with Gasteiger partial charge in [0.25, 0.3) is 0 Å². The minimum absolute atomic E-state index is 0.105. The van der Waals surface area contributed by atoms with Crippen LogP contribution in [-0.2, 0) is 16.0 Å². The third-order valence-electron chi connectivity index (χ3n) is 3.35. The van der Waals surface area contributed by atoms with Crippen LogP contribution in [0.1, 0.15) is 37.8 Å². The summed E-state index contributed by atoms with van der Waals surface area (Å²) in [5.74, 6) is 0.281. The van der Waals surface area contributed by atoms with Crippen molar-refractivity contribution in [2.24, 2.45) is 5.92 Å². The van der Waals surface area contributed by atoms with E-state index in [2.05, 4.69) is 36.6 Å². The number of thiocarbonyl (C=S) groups is 1. The van der Waals surface area contributed by atoms with E-state index in [9.17, 15) is 4.79 Å². The molecule has 1 aromatic carbocycles. The molecule has 1 atom stereocenters. The summed E-state index contributed by atoms with van der Waals surface area (Å²) in [6.45, 7) is 7.39. The molecule has 1 rings (SSSR count). The van der Waals surface area contributed by atoms with Gasteiger partial charge in [-0.25, -0.2) is 0 Å². The zero-order chi connectivity index (χ0) is 16.5. The van der Waals surface area contributed by atoms with Crippen molar-refractivity contribution in [1.82, 2.24) is 10.6 Å². The Hall–Kier alpha value is -1.46. The summed E-state index contributed by atoms with van der Waals surface area (Å²) in [5.41, 5.74) is 2.29. The quantitative estimate of drug-likeness (QED) is 0.598. The first-order chi connectivity index (χ1) is 10.4. The van der Waals surface area contributed by atoms with Gasteiger partial charge >= 0.3 is 0 Å². The van der Waals surface area contributed by atoms with Gasteiger partial charge in [0.2, 0.25) is 5.91 Å². The fourth-order valence-electron chi connectivity index (χ4n) is 2.10. The molecule has 0 radical (unpaired) electrons. The monoisotopic (exact) mass is 322 g/mol. The first kappa shape index (κ1) is 18.6. The van der Waals surface area contributed by atoms with Crippen molar-refractivity contribution >= 4 is 23.2 Å². The number of hydrogen-bond donors (Lipinski definition) is 2. The first-order valence-corrected chi connectivity index (χ1v) is 8.01. The molecule has 0 aliphatic carbocycles. The van der Waals surface area contributed by atoms with E-state index in [1.54, 1.807) is 7.11 Å². The highest BCUT2D eigenvalue weighted by molar-refractivity contribution is 7.80. The SMILES string of the molecule is COCCNC(=S)NC(=O)C(C)c1ccc(CC(C)C)cc1. The lowest BCUT2D eigenvalue weighted by molar-refractivity contribution is -0.120. The maximum absolute atomic E-state index is 12.2. The van der Waals surface area contributed by atoms with Crippen molar-refractivity contribution in [3.8, 4) is 0 Å². The van der Waals surface area contributed by atoms with E-state index in [4.69, 9.17) is 17.0 Å². The Morgan fingerprint density at radius 1 is 1.23 bits per heavy atom. The first-order valence-electron chi connectivity index (χ1n) is 7.60. The van der Waals surface area contributed by atoms with Crippen LogP contribution in [-0.4, -0.2) is 31.3 Å². The summed E-state index contributed by atoms with van der Waals surface area (Å²) in [5, 5.41) is 5.97. The fourth-order valence-corrected chi connectivity index (χ4v) is 2.30. The van der Waals surface area contributed by atoms with E-state index in [0.717, 1.165) is 12.0 Å². The number of hydrogen-bond acceptors (Lipinski definition) is 3. The Morgan fingerprint density at radius 2 is 1.86 bits per heavy atom. The van der Waals surface area contributed by atoms with E-state index in [-0.39, 0.29) is 11.8 Å². The van der Waals surface area contributed by atoms with E-state index in [1.807, 2.05) is 19.1 Å². The van der Waals surface area contributed by atoms with E-state index in [0.29, 0.717) is 24.2 Å². The maximum Gasteiger partial charge on any atom is 0.233 e. The van der Waals surface area contributed by atoms with E-state index >= 15 is 0 Å². The Balaban J connectivity index is 2.53. The molecular formula is C17H26N2O2S. The van der Waals surface area contributed by atoms with Gasteiger partial charge in [0.1, 0.15) is 0 Å². The molecule has 0 spiro atoms. The van der Waals surface area contributed by atoms with E-state index < -0.39 is 0 Å². The second kappa shape index (κ2) is 9.54. The van der Waals surface area contributed by atoms with Crippen molar-refractivity contribution < 1.29 is 9.53 Å². The average Bonchev–Trinajstić information content (AvgIpc) is 2.47. The van der Waals surface area contributed by atoms with Crippen LogP contribution >= 0.6 is 12.2 Å². The molecule has 0 aliphatic rings. The van der Waals surface area contributed by atoms with Gasteiger partial charge in [-0.15, -0.1) is 0 Å². The number of nitrogens with one attached hydrogen (secondary N) is 2. The third kappa shape index (κ3) is 6.54. The van der Waals surface area contributed by atoms with Gasteiger partial charge in [0, 0.05) is 13.7 Å². The van der Waals surface area contributed by atoms with Crippen LogP contribution in [0.3, 0.4) is 0 Å². The lowest BCUT2D eigenvalue weighted by Crippen LogP contribution is -2.42. The molecule has 4 nitrogen and oxygen atoms in total. The molecule has 0 saturated heterocycles. The van der Waals surface area contributed by atoms with Crippen LogP contribution in [0.5, 0.6) is 0 Å². The lowest BCUT2D eigenvalue weighted by Gasteiger charge is -2.15.